The van der Waals surface area contributed by atoms with Crippen LogP contribution in [0.2, 0.25) is 0 Å². The number of para-hydroxylation sites is 1. The lowest BCUT2D eigenvalue weighted by molar-refractivity contribution is -0.155. The van der Waals surface area contributed by atoms with Crippen molar-refractivity contribution in [2.75, 3.05) is 18.1 Å². The van der Waals surface area contributed by atoms with E-state index in [4.69, 9.17) is 14.7 Å². The molecule has 0 fully saturated rings. The Kier molecular flexibility index (Phi) is 7.83. The van der Waals surface area contributed by atoms with E-state index in [1.165, 1.54) is 11.8 Å². The molecule has 0 spiro atoms. The molecule has 0 saturated heterocycles. The van der Waals surface area contributed by atoms with E-state index in [0.29, 0.717) is 11.4 Å². The van der Waals surface area contributed by atoms with Gasteiger partial charge in [-0.05, 0) is 43.3 Å². The number of amides is 1. The van der Waals surface area contributed by atoms with Gasteiger partial charge >= 0.3 is 5.97 Å². The molecular weight excluding hydrogens is 412 g/mol. The first-order valence-electron chi connectivity index (χ1n) is 8.32. The summed E-state index contributed by atoms with van der Waals surface area (Å²) in [4.78, 5) is 26.1. The molecule has 0 aliphatic rings. The van der Waals surface area contributed by atoms with Crippen LogP contribution in [0.4, 0.5) is 5.69 Å². The van der Waals surface area contributed by atoms with Crippen LogP contribution in [-0.2, 0) is 14.3 Å². The van der Waals surface area contributed by atoms with Crippen molar-refractivity contribution in [1.29, 1.82) is 5.26 Å². The van der Waals surface area contributed by atoms with Gasteiger partial charge in [0.1, 0.15) is 5.75 Å². The highest BCUT2D eigenvalue weighted by molar-refractivity contribution is 9.10. The largest absolute Gasteiger partial charge is 0.482 e. The second-order valence-corrected chi connectivity index (χ2v) is 6.52. The molecule has 2 rings (SSSR count). The maximum Gasteiger partial charge on any atom is 0.344 e. The molecule has 1 amide bonds. The predicted octanol–water partition coefficient (Wildman–Crippen LogP) is 3.71. The van der Waals surface area contributed by atoms with Crippen LogP contribution in [0.5, 0.6) is 5.75 Å². The molecule has 27 heavy (non-hydrogen) atoms. The number of hydrogen-bond donors (Lipinski definition) is 0. The smallest absolute Gasteiger partial charge is 0.344 e. The molecule has 0 saturated carbocycles. The van der Waals surface area contributed by atoms with Gasteiger partial charge in [0.2, 0.25) is 0 Å². The maximum atomic E-state index is 12.7. The molecule has 0 bridgehead atoms. The van der Waals surface area contributed by atoms with Crippen molar-refractivity contribution in [2.24, 2.45) is 0 Å². The molecule has 140 valence electrons. The molecule has 1 unspecified atom stereocenters. The zero-order chi connectivity index (χ0) is 19.6. The normalized spacial score (nSPS) is 11.1. The van der Waals surface area contributed by atoms with Crippen molar-refractivity contribution in [2.45, 2.75) is 19.4 Å². The molecule has 6 nitrogen and oxygen atoms in total. The molecule has 1 atom stereocenters. The quantitative estimate of drug-likeness (QED) is 0.596. The second-order valence-electron chi connectivity index (χ2n) is 5.61. The molecule has 0 aliphatic heterocycles. The Hall–Kier alpha value is -2.85. The fraction of sp³-hybridized carbons (Fsp3) is 0.250. The minimum absolute atomic E-state index is 0.175. The van der Waals surface area contributed by atoms with Crippen molar-refractivity contribution in [1.82, 2.24) is 0 Å². The molecule has 2 aromatic carbocycles. The topological polar surface area (TPSA) is 79.6 Å². The summed E-state index contributed by atoms with van der Waals surface area (Å²) in [5.74, 6) is -0.519. The molecule has 2 aromatic rings. The van der Waals surface area contributed by atoms with Gasteiger partial charge in [-0.25, -0.2) is 4.79 Å². The van der Waals surface area contributed by atoms with Gasteiger partial charge in [0.25, 0.3) is 5.91 Å². The third kappa shape index (κ3) is 6.42. The van der Waals surface area contributed by atoms with Gasteiger partial charge in [-0.1, -0.05) is 34.1 Å². The SMILES string of the molecule is CC(OC(=O)COc1ccc(Br)cc1)C(=O)N(CCC#N)c1ccccc1. The first-order chi connectivity index (χ1) is 13.0. The first kappa shape index (κ1) is 20.5. The lowest BCUT2D eigenvalue weighted by Gasteiger charge is -2.25. The van der Waals surface area contributed by atoms with Crippen LogP contribution in [0.15, 0.2) is 59.1 Å². The Bertz CT molecular complexity index is 803. The maximum absolute atomic E-state index is 12.7. The molecule has 7 heteroatoms. The van der Waals surface area contributed by atoms with Crippen molar-refractivity contribution >= 4 is 33.5 Å². The van der Waals surface area contributed by atoms with Crippen LogP contribution >= 0.6 is 15.9 Å². The summed E-state index contributed by atoms with van der Waals surface area (Å²) in [7, 11) is 0. The second kappa shape index (κ2) is 10.3. The van der Waals surface area contributed by atoms with Gasteiger partial charge in [-0.3, -0.25) is 4.79 Å². The summed E-state index contributed by atoms with van der Waals surface area (Å²) in [6, 6.07) is 18.0. The van der Waals surface area contributed by atoms with E-state index in [9.17, 15) is 9.59 Å². The summed E-state index contributed by atoms with van der Waals surface area (Å²) in [5.41, 5.74) is 0.645. The fourth-order valence-corrected chi connectivity index (χ4v) is 2.57. The van der Waals surface area contributed by atoms with Gasteiger partial charge in [-0.15, -0.1) is 0 Å². The zero-order valence-corrected chi connectivity index (χ0v) is 16.4. The average molecular weight is 431 g/mol. The number of ether oxygens (including phenoxy) is 2. The Morgan fingerprint density at radius 2 is 1.81 bits per heavy atom. The van der Waals surface area contributed by atoms with Crippen LogP contribution in [-0.4, -0.2) is 31.1 Å². The minimum Gasteiger partial charge on any atom is -0.482 e. The van der Waals surface area contributed by atoms with Gasteiger partial charge in [0, 0.05) is 16.7 Å². The number of benzene rings is 2. The molecule has 0 radical (unpaired) electrons. The number of hydrogen-bond acceptors (Lipinski definition) is 5. The highest BCUT2D eigenvalue weighted by Gasteiger charge is 2.25. The van der Waals surface area contributed by atoms with Gasteiger partial charge in [0.15, 0.2) is 12.7 Å². The van der Waals surface area contributed by atoms with E-state index >= 15 is 0 Å². The average Bonchev–Trinajstić information content (AvgIpc) is 2.68. The third-order valence-corrected chi connectivity index (χ3v) is 4.14. The summed E-state index contributed by atoms with van der Waals surface area (Å²) in [5, 5.41) is 8.83. The Labute approximate surface area is 166 Å². The Balaban J connectivity index is 1.94. The summed E-state index contributed by atoms with van der Waals surface area (Å²) >= 11 is 3.32. The van der Waals surface area contributed by atoms with Crippen molar-refractivity contribution in [3.05, 3.63) is 59.1 Å². The van der Waals surface area contributed by atoms with E-state index in [2.05, 4.69) is 15.9 Å². The van der Waals surface area contributed by atoms with E-state index in [-0.39, 0.29) is 19.6 Å². The third-order valence-electron chi connectivity index (χ3n) is 3.61. The standard InChI is InChI=1S/C20H19BrN2O4/c1-15(27-19(24)14-26-18-10-8-16(21)9-11-18)20(25)23(13-5-12-22)17-6-3-2-4-7-17/h2-4,6-11,15H,5,13-14H2,1H3. The van der Waals surface area contributed by atoms with E-state index < -0.39 is 18.0 Å². The number of rotatable bonds is 8. The highest BCUT2D eigenvalue weighted by atomic mass is 79.9. The van der Waals surface area contributed by atoms with Crippen LogP contribution < -0.4 is 9.64 Å². The first-order valence-corrected chi connectivity index (χ1v) is 9.12. The van der Waals surface area contributed by atoms with E-state index in [0.717, 1.165) is 4.47 Å². The van der Waals surface area contributed by atoms with Gasteiger partial charge in [0.05, 0.1) is 12.5 Å². The van der Waals surface area contributed by atoms with Crippen molar-refractivity contribution < 1.29 is 19.1 Å². The van der Waals surface area contributed by atoms with Crippen molar-refractivity contribution in [3.8, 4) is 11.8 Å². The summed E-state index contributed by atoms with van der Waals surface area (Å²) in [6.45, 7) is 1.42. The van der Waals surface area contributed by atoms with Crippen LogP contribution in [0, 0.1) is 11.3 Å². The number of esters is 1. The molecule has 0 N–H and O–H groups in total. The number of carbonyl (C=O) groups excluding carboxylic acids is 2. The number of anilines is 1. The molecular formula is C20H19BrN2O4. The number of nitrogens with zero attached hydrogens (tertiary/aromatic N) is 2. The highest BCUT2D eigenvalue weighted by Crippen LogP contribution is 2.17. The summed E-state index contributed by atoms with van der Waals surface area (Å²) < 4.78 is 11.4. The lowest BCUT2D eigenvalue weighted by Crippen LogP contribution is -2.41. The fourth-order valence-electron chi connectivity index (χ4n) is 2.31. The van der Waals surface area contributed by atoms with Crippen molar-refractivity contribution in [3.63, 3.8) is 0 Å². The summed E-state index contributed by atoms with van der Waals surface area (Å²) in [6.07, 6.45) is -0.821. The van der Waals surface area contributed by atoms with Crippen LogP contribution in [0.1, 0.15) is 13.3 Å². The molecule has 0 heterocycles. The van der Waals surface area contributed by atoms with Crippen LogP contribution in [0.25, 0.3) is 0 Å². The number of nitriles is 1. The van der Waals surface area contributed by atoms with E-state index in [1.54, 1.807) is 48.5 Å². The molecule has 0 aliphatic carbocycles. The van der Waals surface area contributed by atoms with E-state index in [1.807, 2.05) is 12.1 Å². The minimum atomic E-state index is -0.995. The Morgan fingerprint density at radius 3 is 2.44 bits per heavy atom. The predicted molar refractivity (Wildman–Crippen MR) is 104 cm³/mol. The zero-order valence-electron chi connectivity index (χ0n) is 14.8. The van der Waals surface area contributed by atoms with Gasteiger partial charge < -0.3 is 14.4 Å². The number of carbonyl (C=O) groups is 2. The van der Waals surface area contributed by atoms with Crippen LogP contribution in [0.3, 0.4) is 0 Å². The molecule has 0 aromatic heterocycles. The monoisotopic (exact) mass is 430 g/mol. The number of halogens is 1. The Morgan fingerprint density at radius 1 is 1.15 bits per heavy atom. The van der Waals surface area contributed by atoms with Gasteiger partial charge in [-0.2, -0.15) is 5.26 Å². The lowest BCUT2D eigenvalue weighted by atomic mass is 10.2.